The van der Waals surface area contributed by atoms with Crippen LogP contribution in [0.3, 0.4) is 0 Å². The van der Waals surface area contributed by atoms with Crippen LogP contribution in [0.25, 0.3) is 11.4 Å². The van der Waals surface area contributed by atoms with E-state index in [1.54, 1.807) is 17.0 Å². The molecular formula is C24H27FN6O2. The molecule has 3 aliphatic rings. The zero-order valence-corrected chi connectivity index (χ0v) is 18.7. The van der Waals surface area contributed by atoms with Gasteiger partial charge in [-0.05, 0) is 56.2 Å². The minimum atomic E-state index is -0.804. The summed E-state index contributed by atoms with van der Waals surface area (Å²) >= 11 is 0. The summed E-state index contributed by atoms with van der Waals surface area (Å²) in [5, 5.41) is 19.7. The number of ether oxygens (including phenoxy) is 1. The lowest BCUT2D eigenvalue weighted by Crippen LogP contribution is -2.75. The summed E-state index contributed by atoms with van der Waals surface area (Å²) in [5.74, 6) is 0.489. The molecule has 1 aromatic heterocycles. The van der Waals surface area contributed by atoms with Crippen molar-refractivity contribution in [3.63, 3.8) is 0 Å². The molecule has 33 heavy (non-hydrogen) atoms. The molecule has 2 aromatic rings. The first-order valence-corrected chi connectivity index (χ1v) is 11.3. The second-order valence-corrected chi connectivity index (χ2v) is 9.56. The van der Waals surface area contributed by atoms with E-state index in [-0.39, 0.29) is 29.8 Å². The number of hydrogen-bond acceptors (Lipinski definition) is 6. The Morgan fingerprint density at radius 3 is 2.67 bits per heavy atom. The fourth-order valence-electron chi connectivity index (χ4n) is 5.18. The lowest BCUT2D eigenvalue weighted by molar-refractivity contribution is -0.0540. The molecule has 0 spiro atoms. The van der Waals surface area contributed by atoms with E-state index >= 15 is 0 Å². The minimum absolute atomic E-state index is 0.00153. The molecule has 2 amide bonds. The molecule has 3 heterocycles. The molecule has 172 valence electrons. The number of aromatic nitrogens is 2. The van der Waals surface area contributed by atoms with E-state index in [9.17, 15) is 9.18 Å². The molecule has 3 N–H and O–H groups in total. The summed E-state index contributed by atoms with van der Waals surface area (Å²) in [6.07, 6.45) is 6.30. The van der Waals surface area contributed by atoms with Crippen LogP contribution in [0.2, 0.25) is 0 Å². The van der Waals surface area contributed by atoms with E-state index < -0.39 is 11.4 Å². The van der Waals surface area contributed by atoms with Crippen LogP contribution in [0.4, 0.5) is 14.9 Å². The Bertz CT molecular complexity index is 1130. The highest BCUT2D eigenvalue weighted by molar-refractivity contribution is 6.01. The number of hydrogen-bond donors (Lipinski definition) is 3. The molecule has 5 rings (SSSR count). The molecule has 0 radical (unpaired) electrons. The molecule has 1 aliphatic carbocycles. The smallest absolute Gasteiger partial charge is 0.322 e. The summed E-state index contributed by atoms with van der Waals surface area (Å²) < 4.78 is 18.9. The van der Waals surface area contributed by atoms with Gasteiger partial charge in [-0.2, -0.15) is 0 Å². The van der Waals surface area contributed by atoms with Crippen molar-refractivity contribution in [2.75, 3.05) is 5.32 Å². The second-order valence-electron chi connectivity index (χ2n) is 9.56. The fourth-order valence-corrected chi connectivity index (χ4v) is 5.18. The summed E-state index contributed by atoms with van der Waals surface area (Å²) in [6.45, 7) is 4.03. The van der Waals surface area contributed by atoms with Gasteiger partial charge in [0.05, 0.1) is 12.4 Å². The number of anilines is 1. The molecule has 3 fully saturated rings. The zero-order chi connectivity index (χ0) is 23.3. The van der Waals surface area contributed by atoms with Gasteiger partial charge in [-0.25, -0.2) is 19.2 Å². The third-order valence-electron chi connectivity index (χ3n) is 6.91. The number of halogens is 1. The summed E-state index contributed by atoms with van der Waals surface area (Å²) in [5.41, 5.74) is 1.37. The predicted molar refractivity (Wildman–Crippen MR) is 122 cm³/mol. The Morgan fingerprint density at radius 1 is 1.24 bits per heavy atom. The van der Waals surface area contributed by atoms with Gasteiger partial charge < -0.3 is 15.0 Å². The first-order chi connectivity index (χ1) is 15.8. The number of nitrogens with one attached hydrogen (secondary N) is 3. The maximum absolute atomic E-state index is 13.4. The quantitative estimate of drug-likeness (QED) is 0.461. The van der Waals surface area contributed by atoms with Crippen LogP contribution in [-0.2, 0) is 4.74 Å². The van der Waals surface area contributed by atoms with Gasteiger partial charge in [0.15, 0.2) is 17.5 Å². The maximum atomic E-state index is 13.4. The van der Waals surface area contributed by atoms with Crippen LogP contribution in [0.15, 0.2) is 30.6 Å². The van der Waals surface area contributed by atoms with E-state index in [0.717, 1.165) is 37.2 Å². The van der Waals surface area contributed by atoms with Gasteiger partial charge in [0, 0.05) is 29.6 Å². The van der Waals surface area contributed by atoms with E-state index in [1.165, 1.54) is 0 Å². The summed E-state index contributed by atoms with van der Waals surface area (Å²) in [7, 11) is 0. The first kappa shape index (κ1) is 21.5. The van der Waals surface area contributed by atoms with Crippen molar-refractivity contribution in [1.82, 2.24) is 14.9 Å². The van der Waals surface area contributed by atoms with Gasteiger partial charge in [0.1, 0.15) is 5.54 Å². The van der Waals surface area contributed by atoms with Gasteiger partial charge in [0.25, 0.3) is 0 Å². The van der Waals surface area contributed by atoms with Crippen LogP contribution in [0.5, 0.6) is 0 Å². The van der Waals surface area contributed by atoms with Crippen LogP contribution in [-0.4, -0.2) is 44.3 Å². The summed E-state index contributed by atoms with van der Waals surface area (Å²) in [4.78, 5) is 23.2. The van der Waals surface area contributed by atoms with Crippen molar-refractivity contribution >= 4 is 23.5 Å². The van der Waals surface area contributed by atoms with Gasteiger partial charge in [-0.1, -0.05) is 13.0 Å². The Balaban J connectivity index is 1.36. The van der Waals surface area contributed by atoms with Gasteiger partial charge in [-0.3, -0.25) is 10.8 Å². The number of nitrogens with zero attached hydrogens (tertiary/aromatic N) is 3. The fraction of sp³-hybridized carbons (Fsp3) is 0.458. The molecule has 0 unspecified atom stereocenters. The monoisotopic (exact) mass is 450 g/mol. The Labute approximate surface area is 191 Å². The first-order valence-electron chi connectivity index (χ1n) is 11.3. The highest BCUT2D eigenvalue weighted by atomic mass is 19.1. The molecular weight excluding hydrogens is 423 g/mol. The predicted octanol–water partition coefficient (Wildman–Crippen LogP) is 4.75. The molecule has 2 aliphatic heterocycles. The highest BCUT2D eigenvalue weighted by Crippen LogP contribution is 2.51. The van der Waals surface area contributed by atoms with Crippen LogP contribution in [0, 0.1) is 35.4 Å². The number of piperidine rings is 1. The van der Waals surface area contributed by atoms with Gasteiger partial charge in [0.2, 0.25) is 5.90 Å². The molecule has 9 heteroatoms. The molecule has 1 aromatic carbocycles. The number of carbonyl (C=O) groups is 1. The molecule has 2 saturated heterocycles. The van der Waals surface area contributed by atoms with Crippen molar-refractivity contribution < 1.29 is 13.9 Å². The van der Waals surface area contributed by atoms with Gasteiger partial charge in [-0.15, -0.1) is 0 Å². The average Bonchev–Trinajstić information content (AvgIpc) is 3.60. The second kappa shape index (κ2) is 7.90. The molecule has 1 saturated carbocycles. The van der Waals surface area contributed by atoms with Crippen molar-refractivity contribution in [2.45, 2.75) is 57.5 Å². The number of amides is 2. The Kier molecular flexibility index (Phi) is 5.14. The third kappa shape index (κ3) is 3.85. The SMILES string of the molecule is Cc1ccc(NC(=O)N2[C@H]3C[C@H](C)C[C@]2(C(=N)OC(=N)C2CC2)C3)cc1-c1ncc(F)cn1. The third-order valence-corrected chi connectivity index (χ3v) is 6.91. The molecule has 8 nitrogen and oxygen atoms in total. The van der Waals surface area contributed by atoms with Crippen molar-refractivity contribution in [3.8, 4) is 11.4 Å². The van der Waals surface area contributed by atoms with Gasteiger partial charge >= 0.3 is 6.03 Å². The largest absolute Gasteiger partial charge is 0.427 e. The maximum Gasteiger partial charge on any atom is 0.322 e. The van der Waals surface area contributed by atoms with Crippen LogP contribution >= 0.6 is 0 Å². The van der Waals surface area contributed by atoms with Crippen molar-refractivity contribution in [3.05, 3.63) is 42.0 Å². The number of aryl methyl sites for hydroxylation is 1. The minimum Gasteiger partial charge on any atom is -0.427 e. The van der Waals surface area contributed by atoms with Crippen molar-refractivity contribution in [2.24, 2.45) is 11.8 Å². The number of urea groups is 1. The molecule has 3 atom stereocenters. The normalized spacial score (nSPS) is 25.7. The lowest BCUT2D eigenvalue weighted by atomic mass is 9.64. The Hall–Kier alpha value is -3.36. The Morgan fingerprint density at radius 2 is 1.97 bits per heavy atom. The average molecular weight is 451 g/mol. The molecule has 2 bridgehead atoms. The zero-order valence-electron chi connectivity index (χ0n) is 18.7. The van der Waals surface area contributed by atoms with E-state index in [1.807, 2.05) is 13.0 Å². The van der Waals surface area contributed by atoms with Crippen molar-refractivity contribution in [1.29, 1.82) is 10.8 Å². The number of carbonyl (C=O) groups excluding carboxylic acids is 1. The number of rotatable bonds is 4. The number of benzene rings is 1. The highest BCUT2D eigenvalue weighted by Gasteiger charge is 2.62. The van der Waals surface area contributed by atoms with Crippen LogP contribution in [0.1, 0.15) is 44.6 Å². The van der Waals surface area contributed by atoms with Crippen LogP contribution < -0.4 is 5.32 Å². The number of fused-ring (bicyclic) bond motifs is 2. The topological polar surface area (TPSA) is 115 Å². The summed E-state index contributed by atoms with van der Waals surface area (Å²) in [6, 6.07) is 5.18. The van der Waals surface area contributed by atoms with E-state index in [4.69, 9.17) is 15.6 Å². The van der Waals surface area contributed by atoms with E-state index in [2.05, 4.69) is 22.2 Å². The van der Waals surface area contributed by atoms with E-state index in [0.29, 0.717) is 35.8 Å². The standard InChI is InChI=1S/C24H27FN6O2/c1-13-7-18-10-24(9-13,22(27)33-20(26)15-4-5-15)31(18)23(32)30-17-6-3-14(2)19(8-17)21-28-11-16(25)12-29-21/h3,6,8,11-13,15,18,26-27H,4-5,7,9-10H2,1-2H3,(H,30,32)/t13-,18-,24+/m0/s1. The lowest BCUT2D eigenvalue weighted by Gasteiger charge is -2.62.